The van der Waals surface area contributed by atoms with E-state index in [4.69, 9.17) is 16.0 Å². The number of aromatic nitrogens is 1. The van der Waals surface area contributed by atoms with Crippen LogP contribution in [-0.2, 0) is 0 Å². The van der Waals surface area contributed by atoms with Gasteiger partial charge in [-0.1, -0.05) is 17.7 Å². The summed E-state index contributed by atoms with van der Waals surface area (Å²) in [5.41, 5.74) is 1.50. The Morgan fingerprint density at radius 2 is 2.25 bits per heavy atom. The monoisotopic (exact) mass is 313 g/mol. The van der Waals surface area contributed by atoms with E-state index in [9.17, 15) is 0 Å². The summed E-state index contributed by atoms with van der Waals surface area (Å²) in [5, 5.41) is 2.64. The molecule has 0 atom stereocenters. The van der Waals surface area contributed by atoms with E-state index >= 15 is 0 Å². The number of nitrogens with zero attached hydrogens (tertiary/aromatic N) is 1. The Balaban J connectivity index is 2.27. The van der Waals surface area contributed by atoms with Crippen LogP contribution in [0.2, 0.25) is 5.02 Å². The van der Waals surface area contributed by atoms with Crippen molar-refractivity contribution in [3.05, 3.63) is 39.1 Å². The van der Waals surface area contributed by atoms with Crippen LogP contribution in [-0.4, -0.2) is 4.98 Å². The molecular formula is C11H5BrClNOS. The van der Waals surface area contributed by atoms with E-state index in [-0.39, 0.29) is 0 Å². The van der Waals surface area contributed by atoms with Crippen LogP contribution < -0.4 is 0 Å². The molecule has 0 aliphatic rings. The van der Waals surface area contributed by atoms with E-state index in [2.05, 4.69) is 20.9 Å². The first-order valence-electron chi connectivity index (χ1n) is 4.53. The topological polar surface area (TPSA) is 26.0 Å². The fourth-order valence-corrected chi connectivity index (χ4v) is 2.99. The Hall–Kier alpha value is -0.840. The van der Waals surface area contributed by atoms with E-state index in [0.717, 1.165) is 20.4 Å². The molecule has 3 aromatic rings. The third-order valence-corrected chi connectivity index (χ3v) is 3.81. The van der Waals surface area contributed by atoms with E-state index in [0.29, 0.717) is 10.9 Å². The molecule has 80 valence electrons. The largest absolute Gasteiger partial charge is 0.434 e. The number of fused-ring (bicyclic) bond motifs is 1. The average molecular weight is 315 g/mol. The van der Waals surface area contributed by atoms with Crippen LogP contribution in [0.4, 0.5) is 0 Å². The van der Waals surface area contributed by atoms with E-state index in [1.807, 2.05) is 17.5 Å². The van der Waals surface area contributed by atoms with Gasteiger partial charge in [0.2, 0.25) is 5.89 Å². The van der Waals surface area contributed by atoms with E-state index in [1.54, 1.807) is 23.5 Å². The minimum absolute atomic E-state index is 0.632. The van der Waals surface area contributed by atoms with Crippen LogP contribution in [0, 0.1) is 0 Å². The molecule has 0 aliphatic heterocycles. The van der Waals surface area contributed by atoms with Crippen molar-refractivity contribution >= 4 is 50.0 Å². The standard InChI is InChI=1S/C11H5BrClNOS/c12-7-4-6(13)5-8-10(7)15-11(14-8)9-2-1-3-16-9/h1-5H. The first-order valence-corrected chi connectivity index (χ1v) is 6.58. The normalized spacial score (nSPS) is 11.1. The number of oxazole rings is 1. The quantitative estimate of drug-likeness (QED) is 0.633. The molecule has 2 nitrogen and oxygen atoms in total. The van der Waals surface area contributed by atoms with Gasteiger partial charge in [-0.3, -0.25) is 0 Å². The van der Waals surface area contributed by atoms with Gasteiger partial charge in [0.25, 0.3) is 0 Å². The number of hydrogen-bond acceptors (Lipinski definition) is 3. The van der Waals surface area contributed by atoms with Gasteiger partial charge in [0, 0.05) is 5.02 Å². The van der Waals surface area contributed by atoms with Crippen molar-refractivity contribution in [3.63, 3.8) is 0 Å². The number of benzene rings is 1. The minimum Gasteiger partial charge on any atom is -0.434 e. The van der Waals surface area contributed by atoms with Gasteiger partial charge in [-0.25, -0.2) is 4.98 Å². The van der Waals surface area contributed by atoms with Gasteiger partial charge in [-0.05, 0) is 39.5 Å². The SMILES string of the molecule is Clc1cc(Br)c2oc(-c3cccs3)nc2c1. The Kier molecular flexibility index (Phi) is 2.50. The highest BCUT2D eigenvalue weighted by atomic mass is 79.9. The lowest BCUT2D eigenvalue weighted by Crippen LogP contribution is -1.71. The van der Waals surface area contributed by atoms with Crippen molar-refractivity contribution in [3.8, 4) is 10.8 Å². The van der Waals surface area contributed by atoms with Crippen molar-refractivity contribution in [2.24, 2.45) is 0 Å². The maximum Gasteiger partial charge on any atom is 0.237 e. The second kappa shape index (κ2) is 3.87. The van der Waals surface area contributed by atoms with Gasteiger partial charge >= 0.3 is 0 Å². The average Bonchev–Trinajstić information content (AvgIpc) is 2.82. The molecule has 5 heteroatoms. The molecule has 1 aromatic carbocycles. The summed E-state index contributed by atoms with van der Waals surface area (Å²) in [4.78, 5) is 5.42. The van der Waals surface area contributed by atoms with Crippen molar-refractivity contribution in [2.75, 3.05) is 0 Å². The van der Waals surface area contributed by atoms with E-state index < -0.39 is 0 Å². The zero-order chi connectivity index (χ0) is 11.1. The summed E-state index contributed by atoms with van der Waals surface area (Å²) in [5.74, 6) is 0.632. The molecule has 16 heavy (non-hydrogen) atoms. The van der Waals surface area contributed by atoms with Gasteiger partial charge in [-0.15, -0.1) is 11.3 Å². The van der Waals surface area contributed by atoms with Gasteiger partial charge in [0.15, 0.2) is 5.58 Å². The fraction of sp³-hybridized carbons (Fsp3) is 0. The lowest BCUT2D eigenvalue weighted by molar-refractivity contribution is 0.620. The molecule has 0 fully saturated rings. The molecule has 0 saturated heterocycles. The maximum atomic E-state index is 5.95. The highest BCUT2D eigenvalue weighted by Gasteiger charge is 2.12. The smallest absolute Gasteiger partial charge is 0.237 e. The van der Waals surface area contributed by atoms with Gasteiger partial charge in [0.1, 0.15) is 5.52 Å². The molecule has 0 N–H and O–H groups in total. The predicted octanol–water partition coefficient (Wildman–Crippen LogP) is 4.97. The maximum absolute atomic E-state index is 5.95. The second-order valence-corrected chi connectivity index (χ2v) is 5.47. The van der Waals surface area contributed by atoms with Crippen LogP contribution in [0.15, 0.2) is 38.5 Å². The van der Waals surface area contributed by atoms with Crippen molar-refractivity contribution in [1.82, 2.24) is 4.98 Å². The van der Waals surface area contributed by atoms with Gasteiger partial charge in [-0.2, -0.15) is 0 Å². The molecule has 0 aliphatic carbocycles. The molecule has 0 amide bonds. The van der Waals surface area contributed by atoms with Gasteiger partial charge in [0.05, 0.1) is 9.35 Å². The van der Waals surface area contributed by atoms with Crippen molar-refractivity contribution < 1.29 is 4.42 Å². The first-order chi connectivity index (χ1) is 7.74. The highest BCUT2D eigenvalue weighted by molar-refractivity contribution is 9.10. The van der Waals surface area contributed by atoms with Gasteiger partial charge < -0.3 is 4.42 Å². The third-order valence-electron chi connectivity index (χ3n) is 2.14. The number of halogens is 2. The molecule has 2 heterocycles. The lowest BCUT2D eigenvalue weighted by Gasteiger charge is -1.91. The zero-order valence-electron chi connectivity index (χ0n) is 7.91. The summed E-state index contributed by atoms with van der Waals surface area (Å²) in [6.07, 6.45) is 0. The van der Waals surface area contributed by atoms with Crippen LogP contribution in [0.25, 0.3) is 21.9 Å². The van der Waals surface area contributed by atoms with Crippen LogP contribution in [0.1, 0.15) is 0 Å². The predicted molar refractivity (Wildman–Crippen MR) is 70.0 cm³/mol. The van der Waals surface area contributed by atoms with E-state index in [1.165, 1.54) is 0 Å². The molecule has 0 radical (unpaired) electrons. The Labute approximate surface area is 109 Å². The Morgan fingerprint density at radius 3 is 3.00 bits per heavy atom. The Morgan fingerprint density at radius 1 is 1.38 bits per heavy atom. The minimum atomic E-state index is 0.632. The van der Waals surface area contributed by atoms with Crippen LogP contribution in [0.5, 0.6) is 0 Å². The molecular weight excluding hydrogens is 310 g/mol. The Bertz CT molecular complexity index is 647. The van der Waals surface area contributed by atoms with Crippen LogP contribution >= 0.6 is 38.9 Å². The van der Waals surface area contributed by atoms with Crippen molar-refractivity contribution in [1.29, 1.82) is 0 Å². The summed E-state index contributed by atoms with van der Waals surface area (Å²) < 4.78 is 6.52. The summed E-state index contributed by atoms with van der Waals surface area (Å²) in [6, 6.07) is 7.54. The van der Waals surface area contributed by atoms with Crippen molar-refractivity contribution in [2.45, 2.75) is 0 Å². The summed E-state index contributed by atoms with van der Waals surface area (Å²) in [7, 11) is 0. The summed E-state index contributed by atoms with van der Waals surface area (Å²) >= 11 is 11.0. The second-order valence-electron chi connectivity index (χ2n) is 3.23. The first kappa shape index (κ1) is 10.3. The number of hydrogen-bond donors (Lipinski definition) is 0. The number of thiophene rings is 1. The molecule has 0 spiro atoms. The molecule has 3 rings (SSSR count). The zero-order valence-corrected chi connectivity index (χ0v) is 11.1. The molecule has 0 unspecified atom stereocenters. The highest BCUT2D eigenvalue weighted by Crippen LogP contribution is 2.33. The van der Waals surface area contributed by atoms with Crippen LogP contribution in [0.3, 0.4) is 0 Å². The third kappa shape index (κ3) is 1.67. The fourth-order valence-electron chi connectivity index (χ4n) is 1.47. The number of rotatable bonds is 1. The lowest BCUT2D eigenvalue weighted by atomic mass is 10.3. The molecule has 0 bridgehead atoms. The molecule has 2 aromatic heterocycles. The molecule has 0 saturated carbocycles. The summed E-state index contributed by atoms with van der Waals surface area (Å²) in [6.45, 7) is 0.